The van der Waals surface area contributed by atoms with E-state index in [1.807, 2.05) is 32.2 Å². The van der Waals surface area contributed by atoms with Crippen molar-refractivity contribution in [3.63, 3.8) is 0 Å². The van der Waals surface area contributed by atoms with E-state index in [0.29, 0.717) is 41.2 Å². The third kappa shape index (κ3) is 4.33. The first-order valence-corrected chi connectivity index (χ1v) is 10.6. The Morgan fingerprint density at radius 2 is 2.00 bits per heavy atom. The van der Waals surface area contributed by atoms with Gasteiger partial charge in [0.15, 0.2) is 11.5 Å². The van der Waals surface area contributed by atoms with Crippen molar-refractivity contribution < 1.29 is 14.3 Å². The fourth-order valence-electron chi connectivity index (χ4n) is 3.49. The molecule has 1 N–H and O–H groups in total. The van der Waals surface area contributed by atoms with Gasteiger partial charge in [0.25, 0.3) is 5.91 Å². The molecule has 0 aliphatic carbocycles. The lowest BCUT2D eigenvalue weighted by Crippen LogP contribution is -2.30. The summed E-state index contributed by atoms with van der Waals surface area (Å²) in [4.78, 5) is 25.0. The van der Waals surface area contributed by atoms with Gasteiger partial charge in [-0.3, -0.25) is 4.79 Å². The molecular weight excluding hydrogens is 400 g/mol. The minimum absolute atomic E-state index is 0.0182. The molecule has 2 heterocycles. The monoisotopic (exact) mass is 428 g/mol. The van der Waals surface area contributed by atoms with Crippen LogP contribution in [0.15, 0.2) is 24.5 Å². The number of rotatable bonds is 8. The Balaban J connectivity index is 1.91. The van der Waals surface area contributed by atoms with Crippen molar-refractivity contribution in [2.24, 2.45) is 5.92 Å². The lowest BCUT2D eigenvalue weighted by atomic mass is 10.1. The molecule has 1 aromatic carbocycles. The second-order valence-electron chi connectivity index (χ2n) is 7.54. The zero-order chi connectivity index (χ0) is 21.8. The van der Waals surface area contributed by atoms with Crippen molar-refractivity contribution in [2.75, 3.05) is 33.1 Å². The van der Waals surface area contributed by atoms with E-state index in [2.05, 4.69) is 29.1 Å². The molecule has 0 bridgehead atoms. The fourth-order valence-corrected chi connectivity index (χ4v) is 4.63. The van der Waals surface area contributed by atoms with Gasteiger partial charge in [-0.15, -0.1) is 11.3 Å². The summed E-state index contributed by atoms with van der Waals surface area (Å²) in [5.41, 5.74) is 1.85. The lowest BCUT2D eigenvalue weighted by molar-refractivity contribution is 0.0783. The number of anilines is 1. The maximum absolute atomic E-state index is 13.0. The molecule has 3 aromatic rings. The molecular formula is C22H28N4O3S. The van der Waals surface area contributed by atoms with Crippen LogP contribution in [0.4, 0.5) is 5.82 Å². The molecule has 3 rings (SSSR count). The second kappa shape index (κ2) is 9.30. The molecule has 0 saturated carbocycles. The third-order valence-corrected chi connectivity index (χ3v) is 6.03. The topological polar surface area (TPSA) is 76.6 Å². The summed E-state index contributed by atoms with van der Waals surface area (Å²) in [6, 6.07) is 5.76. The van der Waals surface area contributed by atoms with E-state index in [1.54, 1.807) is 19.1 Å². The number of hydrogen-bond acceptors (Lipinski definition) is 7. The van der Waals surface area contributed by atoms with Crippen molar-refractivity contribution in [3.8, 4) is 11.5 Å². The first-order chi connectivity index (χ1) is 14.4. The van der Waals surface area contributed by atoms with Crippen molar-refractivity contribution in [3.05, 3.63) is 40.5 Å². The molecule has 0 atom stereocenters. The van der Waals surface area contributed by atoms with Gasteiger partial charge < -0.3 is 19.7 Å². The number of ether oxygens (including phenoxy) is 2. The highest BCUT2D eigenvalue weighted by Gasteiger charge is 2.22. The van der Waals surface area contributed by atoms with Crippen molar-refractivity contribution in [1.29, 1.82) is 0 Å². The van der Waals surface area contributed by atoms with Crippen LogP contribution in [0.5, 0.6) is 11.5 Å². The smallest absolute Gasteiger partial charge is 0.264 e. The minimum Gasteiger partial charge on any atom is -0.493 e. The Morgan fingerprint density at radius 1 is 1.23 bits per heavy atom. The van der Waals surface area contributed by atoms with Gasteiger partial charge in [-0.05, 0) is 24.5 Å². The van der Waals surface area contributed by atoms with E-state index in [4.69, 9.17) is 9.47 Å². The highest BCUT2D eigenvalue weighted by atomic mass is 32.1. The first-order valence-electron chi connectivity index (χ1n) is 9.80. The van der Waals surface area contributed by atoms with E-state index in [9.17, 15) is 4.79 Å². The van der Waals surface area contributed by atoms with E-state index in [-0.39, 0.29) is 5.91 Å². The number of thiophene rings is 1. The fraction of sp³-hybridized carbons (Fsp3) is 0.409. The molecule has 0 radical (unpaired) electrons. The van der Waals surface area contributed by atoms with Gasteiger partial charge in [-0.2, -0.15) is 0 Å². The van der Waals surface area contributed by atoms with E-state index in [0.717, 1.165) is 21.3 Å². The Morgan fingerprint density at radius 3 is 2.67 bits per heavy atom. The molecule has 2 aromatic heterocycles. The van der Waals surface area contributed by atoms with Crippen LogP contribution in [-0.4, -0.2) is 48.6 Å². The predicted octanol–water partition coefficient (Wildman–Crippen LogP) is 4.36. The summed E-state index contributed by atoms with van der Waals surface area (Å²) in [6.07, 6.45) is 1.52. The number of amides is 1. The molecule has 0 unspecified atom stereocenters. The first kappa shape index (κ1) is 21.8. The van der Waals surface area contributed by atoms with Gasteiger partial charge in [0.05, 0.1) is 24.5 Å². The standard InChI is InChI=1S/C22H28N4O3S/c1-13(2)11-26(4)22(27)19-14(3)17-20(24-12-25-21(17)30-19)23-10-15-8-7-9-16(28-5)18(15)29-6/h7-9,12-13H,10-11H2,1-6H3,(H,23,24,25). The SMILES string of the molecule is COc1cccc(CNc2ncnc3sc(C(=O)N(C)CC(C)C)c(C)c23)c1OC. The molecule has 0 saturated heterocycles. The Labute approximate surface area is 181 Å². The number of methoxy groups -OCH3 is 2. The zero-order valence-electron chi connectivity index (χ0n) is 18.3. The number of para-hydroxylation sites is 1. The van der Waals surface area contributed by atoms with Crippen LogP contribution in [-0.2, 0) is 6.54 Å². The zero-order valence-corrected chi connectivity index (χ0v) is 19.1. The van der Waals surface area contributed by atoms with Gasteiger partial charge in [-0.1, -0.05) is 26.0 Å². The maximum Gasteiger partial charge on any atom is 0.264 e. The summed E-state index contributed by atoms with van der Waals surface area (Å²) in [6.45, 7) is 7.36. The van der Waals surface area contributed by atoms with Crippen molar-refractivity contribution in [1.82, 2.24) is 14.9 Å². The van der Waals surface area contributed by atoms with Gasteiger partial charge >= 0.3 is 0 Å². The summed E-state index contributed by atoms with van der Waals surface area (Å²) in [5.74, 6) is 2.49. The number of aromatic nitrogens is 2. The van der Waals surface area contributed by atoms with Gasteiger partial charge in [0.1, 0.15) is 17.0 Å². The summed E-state index contributed by atoms with van der Waals surface area (Å²) < 4.78 is 10.9. The van der Waals surface area contributed by atoms with Crippen molar-refractivity contribution >= 4 is 33.3 Å². The Hall–Kier alpha value is -2.87. The van der Waals surface area contributed by atoms with Crippen LogP contribution in [0.25, 0.3) is 10.2 Å². The molecule has 0 aliphatic rings. The largest absolute Gasteiger partial charge is 0.493 e. The summed E-state index contributed by atoms with van der Waals surface area (Å²) in [7, 11) is 5.08. The quantitative estimate of drug-likeness (QED) is 0.575. The van der Waals surface area contributed by atoms with Gasteiger partial charge in [0, 0.05) is 25.7 Å². The van der Waals surface area contributed by atoms with Crippen LogP contribution < -0.4 is 14.8 Å². The van der Waals surface area contributed by atoms with Crippen LogP contribution in [0.3, 0.4) is 0 Å². The minimum atomic E-state index is 0.0182. The molecule has 160 valence electrons. The molecule has 8 heteroatoms. The number of hydrogen-bond donors (Lipinski definition) is 1. The molecule has 30 heavy (non-hydrogen) atoms. The predicted molar refractivity (Wildman–Crippen MR) is 121 cm³/mol. The van der Waals surface area contributed by atoms with Gasteiger partial charge in [-0.25, -0.2) is 9.97 Å². The Bertz CT molecular complexity index is 1050. The maximum atomic E-state index is 13.0. The Kier molecular flexibility index (Phi) is 6.77. The van der Waals surface area contributed by atoms with Crippen molar-refractivity contribution in [2.45, 2.75) is 27.3 Å². The van der Waals surface area contributed by atoms with Crippen LogP contribution in [0.2, 0.25) is 0 Å². The number of fused-ring (bicyclic) bond motifs is 1. The highest BCUT2D eigenvalue weighted by molar-refractivity contribution is 7.20. The van der Waals surface area contributed by atoms with Crippen LogP contribution in [0.1, 0.15) is 34.6 Å². The molecule has 1 amide bonds. The van der Waals surface area contributed by atoms with E-state index >= 15 is 0 Å². The average Bonchev–Trinajstić information content (AvgIpc) is 3.07. The highest BCUT2D eigenvalue weighted by Crippen LogP contribution is 2.35. The molecule has 0 spiro atoms. The number of nitrogens with one attached hydrogen (secondary N) is 1. The number of carbonyl (C=O) groups excluding carboxylic acids is 1. The second-order valence-corrected chi connectivity index (χ2v) is 8.54. The summed E-state index contributed by atoms with van der Waals surface area (Å²) >= 11 is 1.41. The lowest BCUT2D eigenvalue weighted by Gasteiger charge is -2.19. The number of benzene rings is 1. The molecule has 7 nitrogen and oxygen atoms in total. The number of aryl methyl sites for hydroxylation is 1. The molecule has 0 fully saturated rings. The normalized spacial score (nSPS) is 11.0. The van der Waals surface area contributed by atoms with Gasteiger partial charge in [0.2, 0.25) is 0 Å². The van der Waals surface area contributed by atoms with E-state index in [1.165, 1.54) is 17.7 Å². The van der Waals surface area contributed by atoms with Crippen LogP contribution >= 0.6 is 11.3 Å². The number of carbonyl (C=O) groups is 1. The van der Waals surface area contributed by atoms with Crippen LogP contribution in [0, 0.1) is 12.8 Å². The van der Waals surface area contributed by atoms with E-state index < -0.39 is 0 Å². The molecule has 0 aliphatic heterocycles. The third-order valence-electron chi connectivity index (χ3n) is 4.84. The average molecular weight is 429 g/mol. The summed E-state index contributed by atoms with van der Waals surface area (Å²) in [5, 5.41) is 4.26. The number of nitrogens with zero attached hydrogens (tertiary/aromatic N) is 3.